The Labute approximate surface area is 270 Å². The molecule has 1 aliphatic rings. The van der Waals surface area contributed by atoms with Crippen molar-refractivity contribution >= 4 is 37.7 Å². The molecule has 0 amide bonds. The number of esters is 2. The number of anilines is 1. The van der Waals surface area contributed by atoms with E-state index < -0.39 is 53.4 Å². The van der Waals surface area contributed by atoms with Crippen LogP contribution in [0.15, 0.2) is 74.9 Å². The molecule has 1 atom stereocenters. The molecule has 0 spiro atoms. The van der Waals surface area contributed by atoms with Crippen molar-refractivity contribution in [1.29, 1.82) is 5.26 Å². The number of aryl methyl sites for hydroxylation is 1. The van der Waals surface area contributed by atoms with E-state index >= 15 is 0 Å². The summed E-state index contributed by atoms with van der Waals surface area (Å²) in [4.78, 5) is 27.0. The monoisotopic (exact) mass is 673 g/mol. The molecule has 2 aromatic rings. The molecule has 2 N–H and O–H groups in total. The predicted octanol–water partition coefficient (Wildman–Crippen LogP) is 2.95. The molecule has 248 valence electrons. The van der Waals surface area contributed by atoms with E-state index in [4.69, 9.17) is 15.2 Å². The van der Waals surface area contributed by atoms with Crippen molar-refractivity contribution in [2.45, 2.75) is 50.3 Å². The van der Waals surface area contributed by atoms with Gasteiger partial charge in [-0.05, 0) is 30.2 Å². The summed E-state index contributed by atoms with van der Waals surface area (Å²) < 4.78 is 68.3. The Morgan fingerprint density at radius 3 is 1.78 bits per heavy atom. The van der Waals surface area contributed by atoms with E-state index in [0.29, 0.717) is 5.56 Å². The topological polar surface area (TPSA) is 180 Å². The van der Waals surface area contributed by atoms with Gasteiger partial charge in [0, 0.05) is 26.2 Å². The fourth-order valence-electron chi connectivity index (χ4n) is 5.46. The first-order valence-corrected chi connectivity index (χ1v) is 17.4. The lowest BCUT2D eigenvalue weighted by atomic mass is 9.81. The molecule has 1 heterocycles. The highest BCUT2D eigenvalue weighted by molar-refractivity contribution is 7.92. The molecule has 0 radical (unpaired) electrons. The summed E-state index contributed by atoms with van der Waals surface area (Å²) in [6, 6.07) is 12.7. The van der Waals surface area contributed by atoms with E-state index in [1.807, 2.05) is 6.07 Å². The third kappa shape index (κ3) is 6.25. The van der Waals surface area contributed by atoms with Gasteiger partial charge in [0.2, 0.25) is 20.0 Å². The van der Waals surface area contributed by atoms with Gasteiger partial charge in [0.25, 0.3) is 0 Å². The molecule has 46 heavy (non-hydrogen) atoms. The first kappa shape index (κ1) is 36.2. The number of allylic oxidation sites excluding steroid dienone is 1. The number of sulfonamides is 2. The number of hydrogen-bond donors (Lipinski definition) is 1. The van der Waals surface area contributed by atoms with Gasteiger partial charge in [-0.2, -0.15) is 13.9 Å². The molecule has 0 aliphatic carbocycles. The van der Waals surface area contributed by atoms with Crippen molar-refractivity contribution in [3.8, 4) is 6.07 Å². The Kier molecular flexibility index (Phi) is 11.4. The van der Waals surface area contributed by atoms with Crippen LogP contribution in [0.1, 0.15) is 44.7 Å². The van der Waals surface area contributed by atoms with E-state index in [2.05, 4.69) is 0 Å². The smallest absolute Gasteiger partial charge is 0.355 e. The molecular formula is C31H39N5O8S2. The van der Waals surface area contributed by atoms with Crippen molar-refractivity contribution in [1.82, 2.24) is 8.61 Å². The first-order valence-electron chi connectivity index (χ1n) is 14.5. The van der Waals surface area contributed by atoms with Gasteiger partial charge >= 0.3 is 11.9 Å². The quantitative estimate of drug-likeness (QED) is 0.327. The fraction of sp³-hybridized carbons (Fsp3) is 0.387. The highest BCUT2D eigenvalue weighted by Crippen LogP contribution is 2.45. The minimum absolute atomic E-state index is 0.0374. The number of nitrogens with zero attached hydrogens (tertiary/aromatic N) is 4. The number of ether oxygens (including phenoxy) is 2. The van der Waals surface area contributed by atoms with Crippen LogP contribution >= 0.6 is 0 Å². The zero-order valence-corrected chi connectivity index (χ0v) is 28.5. The van der Waals surface area contributed by atoms with Crippen LogP contribution in [-0.2, 0) is 39.1 Å². The normalized spacial score (nSPS) is 15.7. The maximum Gasteiger partial charge on any atom is 0.355 e. The number of carbonyl (C=O) groups is 2. The Hall–Kier alpha value is -4.23. The number of nitrogens with two attached hydrogens (primary N) is 1. The molecule has 0 saturated heterocycles. The predicted molar refractivity (Wildman–Crippen MR) is 171 cm³/mol. The number of nitriles is 1. The summed E-state index contributed by atoms with van der Waals surface area (Å²) in [6.45, 7) is 8.23. The van der Waals surface area contributed by atoms with Gasteiger partial charge in [0.05, 0.1) is 43.0 Å². The average molecular weight is 674 g/mol. The summed E-state index contributed by atoms with van der Waals surface area (Å²) in [7, 11) is -6.60. The first-order chi connectivity index (χ1) is 21.7. The summed E-state index contributed by atoms with van der Waals surface area (Å²) in [6.07, 6.45) is 0. The Balaban J connectivity index is 2.60. The minimum atomic E-state index is -4.46. The van der Waals surface area contributed by atoms with Gasteiger partial charge < -0.3 is 15.2 Å². The lowest BCUT2D eigenvalue weighted by molar-refractivity contribution is -0.139. The molecule has 0 aromatic heterocycles. The second-order valence-corrected chi connectivity index (χ2v) is 13.9. The SMILES string of the molecule is CCN(CC)S(=O)(=O)c1cc(C)c(N2C(N)=C(C#N)C(c3ccccc3)C(C(=O)OC)=C2C(=O)OC)cc1S(=O)(=O)N(CC)CC. The van der Waals surface area contributed by atoms with Gasteiger partial charge in [-0.3, -0.25) is 4.90 Å². The molecule has 0 bridgehead atoms. The van der Waals surface area contributed by atoms with Gasteiger partial charge in [-0.1, -0.05) is 58.0 Å². The lowest BCUT2D eigenvalue weighted by Gasteiger charge is -2.37. The molecule has 2 aromatic carbocycles. The summed E-state index contributed by atoms with van der Waals surface area (Å²) >= 11 is 0. The molecule has 13 nitrogen and oxygen atoms in total. The third-order valence-electron chi connectivity index (χ3n) is 7.76. The molecule has 1 aliphatic heterocycles. The number of benzene rings is 2. The molecule has 1 unspecified atom stereocenters. The van der Waals surface area contributed by atoms with E-state index in [9.17, 15) is 31.7 Å². The van der Waals surface area contributed by atoms with Crippen LogP contribution < -0.4 is 10.6 Å². The lowest BCUT2D eigenvalue weighted by Crippen LogP contribution is -2.41. The average Bonchev–Trinajstić information content (AvgIpc) is 3.04. The van der Waals surface area contributed by atoms with E-state index in [1.54, 1.807) is 58.0 Å². The van der Waals surface area contributed by atoms with Crippen LogP contribution in [0.25, 0.3) is 0 Å². The Morgan fingerprint density at radius 1 is 0.870 bits per heavy atom. The van der Waals surface area contributed by atoms with Gasteiger partial charge in [0.15, 0.2) is 0 Å². The van der Waals surface area contributed by atoms with Crippen molar-refractivity contribution in [3.63, 3.8) is 0 Å². The summed E-state index contributed by atoms with van der Waals surface area (Å²) in [5.41, 5.74) is 6.36. The van der Waals surface area contributed by atoms with Crippen LogP contribution in [-0.4, -0.2) is 77.8 Å². The van der Waals surface area contributed by atoms with Crippen LogP contribution in [0.2, 0.25) is 0 Å². The maximum atomic E-state index is 14.1. The minimum Gasteiger partial charge on any atom is -0.466 e. The third-order valence-corrected chi connectivity index (χ3v) is 12.1. The standard InChI is InChI=1S/C31H39N5O8S2/c1-8-34(9-2)45(39,40)24-17-20(5)23(18-25(24)46(41,42)35(10-3)11-4)36-28(31(38)44-7)27(30(37)43-6)26(22(19-32)29(36)33)21-15-13-12-14-16-21/h12-18,26H,8-11,33H2,1-7H3. The second-order valence-electron chi connectivity index (χ2n) is 10.1. The summed E-state index contributed by atoms with van der Waals surface area (Å²) in [5, 5.41) is 10.4. The molecule has 0 saturated carbocycles. The van der Waals surface area contributed by atoms with Crippen molar-refractivity contribution in [2.24, 2.45) is 5.73 Å². The van der Waals surface area contributed by atoms with Crippen LogP contribution in [0.4, 0.5) is 5.69 Å². The second kappa shape index (κ2) is 14.5. The van der Waals surface area contributed by atoms with Crippen molar-refractivity contribution in [2.75, 3.05) is 45.3 Å². The molecule has 3 rings (SSSR count). The van der Waals surface area contributed by atoms with Gasteiger partial charge in [-0.25, -0.2) is 26.4 Å². The number of carbonyl (C=O) groups excluding carboxylic acids is 2. The number of hydrogen-bond acceptors (Lipinski definition) is 11. The van der Waals surface area contributed by atoms with Crippen LogP contribution in [0, 0.1) is 18.3 Å². The molecule has 15 heteroatoms. The van der Waals surface area contributed by atoms with Crippen molar-refractivity contribution < 1.29 is 35.9 Å². The molecular weight excluding hydrogens is 635 g/mol. The summed E-state index contributed by atoms with van der Waals surface area (Å²) in [5.74, 6) is -3.44. The number of rotatable bonds is 12. The number of methoxy groups -OCH3 is 2. The largest absolute Gasteiger partial charge is 0.466 e. The fourth-order valence-corrected chi connectivity index (χ4v) is 9.22. The van der Waals surface area contributed by atoms with Crippen LogP contribution in [0.5, 0.6) is 0 Å². The van der Waals surface area contributed by atoms with Crippen molar-refractivity contribution in [3.05, 3.63) is 76.3 Å². The zero-order valence-electron chi connectivity index (χ0n) is 26.9. The van der Waals surface area contributed by atoms with Gasteiger partial charge in [-0.15, -0.1) is 0 Å². The highest BCUT2D eigenvalue weighted by Gasteiger charge is 2.44. The molecule has 0 fully saturated rings. The van der Waals surface area contributed by atoms with E-state index in [-0.39, 0.29) is 54.4 Å². The Morgan fingerprint density at radius 2 is 1.35 bits per heavy atom. The highest BCUT2D eigenvalue weighted by atomic mass is 32.2. The van der Waals surface area contributed by atoms with Gasteiger partial charge in [0.1, 0.15) is 21.3 Å². The van der Waals surface area contributed by atoms with Crippen LogP contribution in [0.3, 0.4) is 0 Å². The maximum absolute atomic E-state index is 14.1. The Bertz CT molecular complexity index is 1820. The van der Waals surface area contributed by atoms with E-state index in [0.717, 1.165) is 33.8 Å². The van der Waals surface area contributed by atoms with E-state index in [1.165, 1.54) is 13.0 Å². The zero-order chi connectivity index (χ0) is 34.6.